The molecule has 33 heavy (non-hydrogen) atoms. The number of urea groups is 1. The normalized spacial score (nSPS) is 13.5. The third-order valence-corrected chi connectivity index (χ3v) is 5.30. The highest BCUT2D eigenvalue weighted by atomic mass is 16.5. The second-order valence-corrected chi connectivity index (χ2v) is 7.35. The number of nitrogens with zero attached hydrogens (tertiary/aromatic N) is 1. The highest BCUT2D eigenvalue weighted by Crippen LogP contribution is 2.40. The predicted molar refractivity (Wildman–Crippen MR) is 125 cm³/mol. The average molecular weight is 456 g/mol. The van der Waals surface area contributed by atoms with Gasteiger partial charge in [0.1, 0.15) is 23.0 Å². The maximum absolute atomic E-state index is 12.3. The van der Waals surface area contributed by atoms with Crippen LogP contribution in [0.15, 0.2) is 42.5 Å². The molecule has 1 aliphatic rings. The van der Waals surface area contributed by atoms with Gasteiger partial charge in [-0.25, -0.2) is 4.79 Å². The summed E-state index contributed by atoms with van der Waals surface area (Å²) in [6.45, 7) is 1.32. The Labute approximate surface area is 193 Å². The molecule has 2 aromatic carbocycles. The summed E-state index contributed by atoms with van der Waals surface area (Å²) >= 11 is 0. The highest BCUT2D eigenvalue weighted by Gasteiger charge is 2.22. The molecule has 0 radical (unpaired) electrons. The van der Waals surface area contributed by atoms with Crippen molar-refractivity contribution in [1.82, 2.24) is 10.2 Å². The van der Waals surface area contributed by atoms with E-state index in [2.05, 4.69) is 10.6 Å². The molecule has 9 nitrogen and oxygen atoms in total. The Hall–Kier alpha value is -3.72. The summed E-state index contributed by atoms with van der Waals surface area (Å²) < 4.78 is 21.5. The lowest BCUT2D eigenvalue weighted by atomic mass is 9.97. The lowest BCUT2D eigenvalue weighted by Gasteiger charge is -2.27. The van der Waals surface area contributed by atoms with Crippen LogP contribution in [-0.4, -0.2) is 64.9 Å². The van der Waals surface area contributed by atoms with E-state index in [1.54, 1.807) is 52.7 Å². The van der Waals surface area contributed by atoms with Gasteiger partial charge in [0.05, 0.1) is 40.5 Å². The first kappa shape index (κ1) is 23.9. The molecule has 3 amide bonds. The van der Waals surface area contributed by atoms with Gasteiger partial charge in [0.15, 0.2) is 0 Å². The minimum atomic E-state index is -0.578. The molecule has 0 saturated carbocycles. The number of imide groups is 1. The quantitative estimate of drug-likeness (QED) is 0.631. The van der Waals surface area contributed by atoms with Crippen LogP contribution in [0.25, 0.3) is 5.57 Å². The number of hydrogen-bond donors (Lipinski definition) is 2. The molecular weight excluding hydrogens is 426 g/mol. The number of carbonyl (C=O) groups is 2. The second-order valence-electron chi connectivity index (χ2n) is 7.35. The largest absolute Gasteiger partial charge is 0.497 e. The number of nitrogens with one attached hydrogen (secondary N) is 2. The number of amides is 3. The van der Waals surface area contributed by atoms with Gasteiger partial charge >= 0.3 is 6.03 Å². The van der Waals surface area contributed by atoms with Gasteiger partial charge in [-0.05, 0) is 36.3 Å². The number of hydrogen-bond acceptors (Lipinski definition) is 7. The zero-order valence-corrected chi connectivity index (χ0v) is 19.3. The Morgan fingerprint density at radius 2 is 1.55 bits per heavy atom. The van der Waals surface area contributed by atoms with Crippen molar-refractivity contribution in [3.63, 3.8) is 0 Å². The highest BCUT2D eigenvalue weighted by molar-refractivity contribution is 6.01. The minimum Gasteiger partial charge on any atom is -0.497 e. The first-order chi connectivity index (χ1) is 16.0. The Balaban J connectivity index is 1.57. The fraction of sp³-hybridized carbons (Fsp3) is 0.333. The van der Waals surface area contributed by atoms with E-state index in [4.69, 9.17) is 18.9 Å². The Morgan fingerprint density at radius 3 is 2.06 bits per heavy atom. The topological polar surface area (TPSA) is 98.4 Å². The van der Waals surface area contributed by atoms with E-state index in [9.17, 15) is 9.59 Å². The van der Waals surface area contributed by atoms with Gasteiger partial charge in [-0.2, -0.15) is 0 Å². The van der Waals surface area contributed by atoms with Gasteiger partial charge in [0.25, 0.3) is 0 Å². The predicted octanol–water partition coefficient (Wildman–Crippen LogP) is 3.16. The number of methoxy groups -OCH3 is 4. The summed E-state index contributed by atoms with van der Waals surface area (Å²) in [6.07, 6.45) is 2.74. The summed E-state index contributed by atoms with van der Waals surface area (Å²) in [5.41, 5.74) is 2.51. The van der Waals surface area contributed by atoms with Gasteiger partial charge in [-0.1, -0.05) is 6.08 Å². The molecule has 0 unspecified atom stereocenters. The van der Waals surface area contributed by atoms with E-state index in [-0.39, 0.29) is 12.5 Å². The smallest absolute Gasteiger partial charge is 0.325 e. The SMILES string of the molecule is COc1ccc(NC(=O)NC(=O)CN2CC=C(c3c(OC)cc(OC)cc3OC)CC2)cc1. The Bertz CT molecular complexity index is 994. The van der Waals surface area contributed by atoms with Crippen LogP contribution in [0.1, 0.15) is 12.0 Å². The van der Waals surface area contributed by atoms with Gasteiger partial charge < -0.3 is 24.3 Å². The molecule has 3 rings (SSSR count). The molecule has 176 valence electrons. The van der Waals surface area contributed by atoms with Crippen molar-refractivity contribution < 1.29 is 28.5 Å². The van der Waals surface area contributed by atoms with Gasteiger partial charge in [0.2, 0.25) is 5.91 Å². The van der Waals surface area contributed by atoms with Crippen LogP contribution in [0.2, 0.25) is 0 Å². The van der Waals surface area contributed by atoms with E-state index in [1.165, 1.54) is 0 Å². The Morgan fingerprint density at radius 1 is 0.909 bits per heavy atom. The van der Waals surface area contributed by atoms with Crippen LogP contribution in [0.3, 0.4) is 0 Å². The molecule has 0 spiro atoms. The van der Waals surface area contributed by atoms with Crippen LogP contribution < -0.4 is 29.6 Å². The molecule has 2 aromatic rings. The summed E-state index contributed by atoms with van der Waals surface area (Å²) in [5.74, 6) is 2.28. The molecule has 0 fully saturated rings. The molecule has 2 N–H and O–H groups in total. The van der Waals surface area contributed by atoms with Crippen molar-refractivity contribution in [3.05, 3.63) is 48.0 Å². The van der Waals surface area contributed by atoms with Crippen molar-refractivity contribution in [2.24, 2.45) is 0 Å². The van der Waals surface area contributed by atoms with Gasteiger partial charge in [0, 0.05) is 30.9 Å². The standard InChI is InChI=1S/C24H29N3O6/c1-30-18-7-5-17(6-8-18)25-24(29)26-22(28)15-27-11-9-16(10-12-27)23-20(32-3)13-19(31-2)14-21(23)33-4/h5-9,13-14H,10-12,15H2,1-4H3,(H2,25,26,28,29). The van der Waals surface area contributed by atoms with Crippen molar-refractivity contribution in [2.45, 2.75) is 6.42 Å². The number of rotatable bonds is 8. The van der Waals surface area contributed by atoms with E-state index in [1.807, 2.05) is 23.1 Å². The van der Waals surface area contributed by atoms with Gasteiger partial charge in [-0.3, -0.25) is 15.0 Å². The third-order valence-electron chi connectivity index (χ3n) is 5.30. The minimum absolute atomic E-state index is 0.108. The van der Waals surface area contributed by atoms with Gasteiger partial charge in [-0.15, -0.1) is 0 Å². The summed E-state index contributed by atoms with van der Waals surface area (Å²) in [4.78, 5) is 26.4. The average Bonchev–Trinajstić information content (AvgIpc) is 2.84. The molecule has 0 aromatic heterocycles. The number of anilines is 1. The fourth-order valence-corrected chi connectivity index (χ4v) is 3.61. The molecule has 0 atom stereocenters. The summed E-state index contributed by atoms with van der Waals surface area (Å²) in [7, 11) is 6.37. The summed E-state index contributed by atoms with van der Waals surface area (Å²) in [6, 6.07) is 9.90. The number of carbonyl (C=O) groups excluding carboxylic acids is 2. The van der Waals surface area contributed by atoms with Crippen LogP contribution in [0.4, 0.5) is 10.5 Å². The number of ether oxygens (including phenoxy) is 4. The van der Waals surface area contributed by atoms with Crippen LogP contribution >= 0.6 is 0 Å². The third kappa shape index (κ3) is 6.17. The van der Waals surface area contributed by atoms with Crippen molar-refractivity contribution >= 4 is 23.2 Å². The Kier molecular flexibility index (Phi) is 8.15. The molecule has 9 heteroatoms. The number of benzene rings is 2. The van der Waals surface area contributed by atoms with Crippen LogP contribution in [0, 0.1) is 0 Å². The lowest BCUT2D eigenvalue weighted by molar-refractivity contribution is -0.121. The van der Waals surface area contributed by atoms with Crippen molar-refractivity contribution in [2.75, 3.05) is 53.4 Å². The molecule has 0 aliphatic carbocycles. The van der Waals surface area contributed by atoms with E-state index in [0.717, 1.165) is 11.1 Å². The molecule has 0 saturated heterocycles. The first-order valence-electron chi connectivity index (χ1n) is 10.4. The lowest BCUT2D eigenvalue weighted by Crippen LogP contribution is -2.43. The molecule has 1 aliphatic heterocycles. The monoisotopic (exact) mass is 455 g/mol. The van der Waals surface area contributed by atoms with E-state index in [0.29, 0.717) is 48.2 Å². The maximum atomic E-state index is 12.3. The van der Waals surface area contributed by atoms with Crippen LogP contribution in [0.5, 0.6) is 23.0 Å². The molecular formula is C24H29N3O6. The molecule has 1 heterocycles. The fourth-order valence-electron chi connectivity index (χ4n) is 3.61. The first-order valence-corrected chi connectivity index (χ1v) is 10.4. The van der Waals surface area contributed by atoms with Crippen LogP contribution in [-0.2, 0) is 4.79 Å². The van der Waals surface area contributed by atoms with Crippen molar-refractivity contribution in [1.29, 1.82) is 0 Å². The maximum Gasteiger partial charge on any atom is 0.325 e. The molecule has 0 bridgehead atoms. The van der Waals surface area contributed by atoms with Crippen molar-refractivity contribution in [3.8, 4) is 23.0 Å². The zero-order valence-electron chi connectivity index (χ0n) is 19.3. The summed E-state index contributed by atoms with van der Waals surface area (Å²) in [5, 5.41) is 4.99. The van der Waals surface area contributed by atoms with E-state index < -0.39 is 6.03 Å². The van der Waals surface area contributed by atoms with E-state index >= 15 is 0 Å². The second kappa shape index (κ2) is 11.2. The zero-order chi connectivity index (χ0) is 23.8.